The van der Waals surface area contributed by atoms with Crippen LogP contribution in [0, 0.1) is 0 Å². The zero-order valence-corrected chi connectivity index (χ0v) is 27.1. The summed E-state index contributed by atoms with van der Waals surface area (Å²) in [6.07, 6.45) is 1.88. The van der Waals surface area contributed by atoms with E-state index in [0.717, 1.165) is 22.3 Å². The monoisotopic (exact) mass is 663 g/mol. The van der Waals surface area contributed by atoms with Gasteiger partial charge in [-0.2, -0.15) is 0 Å². The fourth-order valence-electron chi connectivity index (χ4n) is 6.03. The lowest BCUT2D eigenvalue weighted by molar-refractivity contribution is -0.138. The highest BCUT2D eigenvalue weighted by molar-refractivity contribution is 6.42. The van der Waals surface area contributed by atoms with Crippen molar-refractivity contribution in [3.8, 4) is 11.1 Å². The van der Waals surface area contributed by atoms with E-state index in [4.69, 9.17) is 40.5 Å². The van der Waals surface area contributed by atoms with Crippen LogP contribution < -0.4 is 5.73 Å². The summed E-state index contributed by atoms with van der Waals surface area (Å²) < 4.78 is 0. The van der Waals surface area contributed by atoms with Crippen LogP contribution in [0.15, 0.2) is 97.1 Å². The van der Waals surface area contributed by atoms with E-state index in [9.17, 15) is 14.7 Å². The van der Waals surface area contributed by atoms with Gasteiger partial charge < -0.3 is 20.6 Å². The van der Waals surface area contributed by atoms with Crippen LogP contribution in [0.3, 0.4) is 0 Å². The third-order valence-corrected chi connectivity index (χ3v) is 9.31. The van der Waals surface area contributed by atoms with E-state index in [0.29, 0.717) is 59.4 Å². The molecule has 0 saturated carbocycles. The van der Waals surface area contributed by atoms with Gasteiger partial charge in [0.25, 0.3) is 5.91 Å². The molecule has 45 heavy (non-hydrogen) atoms. The standard InChI is InChI=1S/C36H36Cl3N3O3/c37-27-15-13-26(14-16-27)30-10-4-5-11-31(30)35(44)41-23-29(19-24-7-2-1-3-8-24)42(22-28(41)9-6-18-43)36(45)34(40)21-25-12-17-32(38)33(39)20-25/h1-5,7-8,10-17,20,28-29,34,43H,6,9,18-19,21-23,40H2/t28-,29+,34+/m0/s1. The summed E-state index contributed by atoms with van der Waals surface area (Å²) in [6, 6.07) is 28.7. The van der Waals surface area contributed by atoms with E-state index >= 15 is 0 Å². The summed E-state index contributed by atoms with van der Waals surface area (Å²) in [5.41, 5.74) is 10.7. The van der Waals surface area contributed by atoms with Crippen LogP contribution in [-0.4, -0.2) is 64.5 Å². The molecule has 1 saturated heterocycles. The van der Waals surface area contributed by atoms with Crippen LogP contribution in [0.2, 0.25) is 15.1 Å². The van der Waals surface area contributed by atoms with E-state index < -0.39 is 6.04 Å². The molecule has 0 unspecified atom stereocenters. The SMILES string of the molecule is N[C@H](Cc1ccc(Cl)c(Cl)c1)C(=O)N1C[C@H](CCCO)N(C(=O)c2ccccc2-c2ccc(Cl)cc2)C[C@H]1Cc1ccccc1. The molecule has 1 fully saturated rings. The normalized spacial score (nSPS) is 17.3. The van der Waals surface area contributed by atoms with Gasteiger partial charge in [-0.1, -0.05) is 102 Å². The van der Waals surface area contributed by atoms with Crippen LogP contribution in [0.1, 0.15) is 34.3 Å². The zero-order chi connectivity index (χ0) is 31.9. The van der Waals surface area contributed by atoms with Crippen molar-refractivity contribution in [1.82, 2.24) is 9.80 Å². The third-order valence-electron chi connectivity index (χ3n) is 8.32. The first-order valence-electron chi connectivity index (χ1n) is 15.1. The molecule has 1 aliphatic heterocycles. The van der Waals surface area contributed by atoms with Crippen LogP contribution in [0.4, 0.5) is 0 Å². The molecule has 3 atom stereocenters. The number of aliphatic hydroxyl groups excluding tert-OH is 1. The highest BCUT2D eigenvalue weighted by atomic mass is 35.5. The van der Waals surface area contributed by atoms with Gasteiger partial charge in [-0.05, 0) is 78.3 Å². The molecule has 0 aliphatic carbocycles. The lowest BCUT2D eigenvalue weighted by Gasteiger charge is -2.47. The van der Waals surface area contributed by atoms with E-state index in [1.807, 2.05) is 94.7 Å². The van der Waals surface area contributed by atoms with Gasteiger partial charge in [-0.15, -0.1) is 0 Å². The number of carbonyl (C=O) groups excluding carboxylic acids is 2. The maximum Gasteiger partial charge on any atom is 0.254 e. The first-order valence-corrected chi connectivity index (χ1v) is 16.2. The minimum Gasteiger partial charge on any atom is -0.396 e. The first kappa shape index (κ1) is 33.0. The van der Waals surface area contributed by atoms with Gasteiger partial charge in [0.1, 0.15) is 0 Å². The molecule has 0 aromatic heterocycles. The molecule has 6 nitrogen and oxygen atoms in total. The summed E-state index contributed by atoms with van der Waals surface area (Å²) in [4.78, 5) is 32.2. The summed E-state index contributed by atoms with van der Waals surface area (Å²) in [6.45, 7) is 0.613. The highest BCUT2D eigenvalue weighted by Crippen LogP contribution is 2.30. The molecule has 4 aromatic rings. The van der Waals surface area contributed by atoms with Gasteiger partial charge in [0.2, 0.25) is 5.91 Å². The molecule has 234 valence electrons. The minimum absolute atomic E-state index is 0.0158. The number of nitrogens with zero attached hydrogens (tertiary/aromatic N) is 2. The number of hydrogen-bond donors (Lipinski definition) is 2. The van der Waals surface area contributed by atoms with Crippen LogP contribution in [-0.2, 0) is 17.6 Å². The van der Waals surface area contributed by atoms with Crippen LogP contribution >= 0.6 is 34.8 Å². The molecule has 0 bridgehead atoms. The average molecular weight is 665 g/mol. The molecule has 1 heterocycles. The van der Waals surface area contributed by atoms with Crippen LogP contribution in [0.25, 0.3) is 11.1 Å². The Hall–Kier alpha value is -3.39. The molecule has 1 aliphatic rings. The lowest BCUT2D eigenvalue weighted by Crippen LogP contribution is -2.64. The zero-order valence-electron chi connectivity index (χ0n) is 24.8. The van der Waals surface area contributed by atoms with Crippen molar-refractivity contribution in [3.63, 3.8) is 0 Å². The van der Waals surface area contributed by atoms with E-state index in [-0.39, 0.29) is 30.5 Å². The van der Waals surface area contributed by atoms with Crippen molar-refractivity contribution < 1.29 is 14.7 Å². The van der Waals surface area contributed by atoms with Crippen LogP contribution in [0.5, 0.6) is 0 Å². The fraction of sp³-hybridized carbons (Fsp3) is 0.278. The molecule has 5 rings (SSSR count). The number of carbonyl (C=O) groups is 2. The number of amides is 2. The second kappa shape index (κ2) is 15.3. The Labute approximate surface area is 279 Å². The largest absolute Gasteiger partial charge is 0.396 e. The maximum absolute atomic E-state index is 14.4. The van der Waals surface area contributed by atoms with Crippen molar-refractivity contribution in [1.29, 1.82) is 0 Å². The molecule has 0 radical (unpaired) electrons. The molecule has 9 heteroatoms. The molecule has 2 amide bonds. The summed E-state index contributed by atoms with van der Waals surface area (Å²) >= 11 is 18.5. The number of rotatable bonds is 10. The Morgan fingerprint density at radius 3 is 2.20 bits per heavy atom. The van der Waals surface area contributed by atoms with E-state index in [1.165, 1.54) is 0 Å². The number of halogens is 3. The van der Waals surface area contributed by atoms with Gasteiger partial charge in [0, 0.05) is 36.3 Å². The van der Waals surface area contributed by atoms with Gasteiger partial charge >= 0.3 is 0 Å². The Morgan fingerprint density at radius 1 is 0.800 bits per heavy atom. The number of hydrogen-bond acceptors (Lipinski definition) is 4. The maximum atomic E-state index is 14.4. The van der Waals surface area contributed by atoms with E-state index in [1.54, 1.807) is 12.1 Å². The molecular formula is C36H36Cl3N3O3. The number of aliphatic hydroxyl groups is 1. The summed E-state index contributed by atoms with van der Waals surface area (Å²) in [5, 5.41) is 11.2. The summed E-state index contributed by atoms with van der Waals surface area (Å²) in [7, 11) is 0. The second-order valence-corrected chi connectivity index (χ2v) is 12.7. The Morgan fingerprint density at radius 2 is 1.49 bits per heavy atom. The molecule has 3 N–H and O–H groups in total. The topological polar surface area (TPSA) is 86.9 Å². The first-order chi connectivity index (χ1) is 21.7. The van der Waals surface area contributed by atoms with Crippen molar-refractivity contribution in [2.45, 2.75) is 43.8 Å². The number of piperazine rings is 1. The Bertz CT molecular complexity index is 1620. The highest BCUT2D eigenvalue weighted by Gasteiger charge is 2.40. The fourth-order valence-corrected chi connectivity index (χ4v) is 6.48. The summed E-state index contributed by atoms with van der Waals surface area (Å²) in [5.74, 6) is -0.307. The lowest BCUT2D eigenvalue weighted by atomic mass is 9.93. The quantitative estimate of drug-likeness (QED) is 0.193. The third kappa shape index (κ3) is 8.07. The Balaban J connectivity index is 1.47. The smallest absolute Gasteiger partial charge is 0.254 e. The van der Waals surface area contributed by atoms with E-state index in [2.05, 4.69) is 0 Å². The van der Waals surface area contributed by atoms with Gasteiger partial charge in [0.15, 0.2) is 0 Å². The predicted molar refractivity (Wildman–Crippen MR) is 182 cm³/mol. The predicted octanol–water partition coefficient (Wildman–Crippen LogP) is 6.92. The minimum atomic E-state index is -0.813. The van der Waals surface area contributed by atoms with Crippen molar-refractivity contribution in [2.75, 3.05) is 19.7 Å². The Kier molecular flexibility index (Phi) is 11.2. The van der Waals surface area contributed by atoms with Gasteiger partial charge in [-0.3, -0.25) is 9.59 Å². The number of nitrogens with two attached hydrogens (primary N) is 1. The van der Waals surface area contributed by atoms with Crippen molar-refractivity contribution in [3.05, 3.63) is 129 Å². The van der Waals surface area contributed by atoms with Crippen molar-refractivity contribution >= 4 is 46.6 Å². The molecule has 0 spiro atoms. The number of benzene rings is 4. The second-order valence-electron chi connectivity index (χ2n) is 11.4. The van der Waals surface area contributed by atoms with Gasteiger partial charge in [0.05, 0.1) is 22.1 Å². The van der Waals surface area contributed by atoms with Gasteiger partial charge in [-0.25, -0.2) is 0 Å². The van der Waals surface area contributed by atoms with Crippen molar-refractivity contribution in [2.24, 2.45) is 5.73 Å². The molecular weight excluding hydrogens is 629 g/mol. The average Bonchev–Trinajstić information content (AvgIpc) is 3.06. The molecule has 4 aromatic carbocycles.